The van der Waals surface area contributed by atoms with Gasteiger partial charge < -0.3 is 4.57 Å². The van der Waals surface area contributed by atoms with E-state index in [1.54, 1.807) is 11.3 Å². The van der Waals surface area contributed by atoms with E-state index in [-0.39, 0.29) is 5.91 Å². The second kappa shape index (κ2) is 6.46. The summed E-state index contributed by atoms with van der Waals surface area (Å²) in [6.07, 6.45) is 0. The van der Waals surface area contributed by atoms with Gasteiger partial charge >= 0.3 is 0 Å². The molecule has 0 aliphatic heterocycles. The smallest absolute Gasteiger partial charge is 0.274 e. The van der Waals surface area contributed by atoms with Crippen LogP contribution in [0.5, 0.6) is 0 Å². The van der Waals surface area contributed by atoms with E-state index in [2.05, 4.69) is 33.9 Å². The second-order valence-corrected chi connectivity index (χ2v) is 7.51. The van der Waals surface area contributed by atoms with Gasteiger partial charge in [-0.25, -0.2) is 4.98 Å². The molecule has 6 heteroatoms. The summed E-state index contributed by atoms with van der Waals surface area (Å²) >= 11 is 3.09. The number of thiazole rings is 1. The van der Waals surface area contributed by atoms with Crippen LogP contribution in [0, 0.1) is 6.92 Å². The van der Waals surface area contributed by atoms with Crippen LogP contribution in [0.3, 0.4) is 0 Å². The van der Waals surface area contributed by atoms with Crippen molar-refractivity contribution >= 4 is 44.6 Å². The van der Waals surface area contributed by atoms with E-state index in [0.717, 1.165) is 33.6 Å². The predicted octanol–water partition coefficient (Wildman–Crippen LogP) is 5.41. The minimum Gasteiger partial charge on any atom is -0.337 e. The van der Waals surface area contributed by atoms with Crippen LogP contribution in [0.15, 0.2) is 47.2 Å². The Morgan fingerprint density at radius 1 is 1.20 bits per heavy atom. The first kappa shape index (κ1) is 16.1. The monoisotopic (exact) mass is 367 g/mol. The summed E-state index contributed by atoms with van der Waals surface area (Å²) in [5.41, 5.74) is 3.70. The van der Waals surface area contributed by atoms with Gasteiger partial charge in [-0.05, 0) is 36.9 Å². The Bertz CT molecular complexity index is 1040. The number of hydrogen-bond donors (Lipinski definition) is 1. The molecule has 0 spiro atoms. The highest BCUT2D eigenvalue weighted by molar-refractivity contribution is 7.16. The number of nitrogens with one attached hydrogen (secondary N) is 1. The summed E-state index contributed by atoms with van der Waals surface area (Å²) in [5.74, 6) is -0.109. The topological polar surface area (TPSA) is 46.9 Å². The minimum atomic E-state index is -0.109. The van der Waals surface area contributed by atoms with Crippen LogP contribution in [-0.4, -0.2) is 15.5 Å². The van der Waals surface area contributed by atoms with Crippen molar-refractivity contribution in [3.8, 4) is 10.6 Å². The Labute approximate surface area is 153 Å². The molecular formula is C19H17N3OS2. The van der Waals surface area contributed by atoms with Gasteiger partial charge in [-0.1, -0.05) is 24.3 Å². The van der Waals surface area contributed by atoms with Crippen LogP contribution in [0.2, 0.25) is 0 Å². The molecule has 0 bridgehead atoms. The van der Waals surface area contributed by atoms with E-state index in [4.69, 9.17) is 0 Å². The average molecular weight is 367 g/mol. The molecule has 0 saturated carbocycles. The lowest BCUT2D eigenvalue weighted by Crippen LogP contribution is -2.17. The van der Waals surface area contributed by atoms with Crippen LogP contribution in [-0.2, 0) is 6.54 Å². The standard InChI is InChI=1S/C19H17N3OS2/c1-3-22-15-8-5-4-7-13(15)12(2)17(22)18(23)21-19-20-14(11-25-19)16-9-6-10-24-16/h4-11H,3H2,1-2H3,(H,20,21,23). The molecule has 25 heavy (non-hydrogen) atoms. The van der Waals surface area contributed by atoms with Gasteiger partial charge in [-0.15, -0.1) is 22.7 Å². The maximum atomic E-state index is 12.9. The zero-order chi connectivity index (χ0) is 17.4. The molecule has 4 rings (SSSR count). The number of benzene rings is 1. The van der Waals surface area contributed by atoms with Gasteiger partial charge in [0.25, 0.3) is 5.91 Å². The van der Waals surface area contributed by atoms with Crippen molar-refractivity contribution in [1.82, 2.24) is 9.55 Å². The molecule has 1 aromatic carbocycles. The van der Waals surface area contributed by atoms with Crippen molar-refractivity contribution in [2.24, 2.45) is 0 Å². The fraction of sp³-hybridized carbons (Fsp3) is 0.158. The molecule has 0 atom stereocenters. The molecule has 0 saturated heterocycles. The van der Waals surface area contributed by atoms with E-state index in [0.29, 0.717) is 10.8 Å². The van der Waals surface area contributed by atoms with Crippen molar-refractivity contribution in [2.45, 2.75) is 20.4 Å². The summed E-state index contributed by atoms with van der Waals surface area (Å²) in [5, 5.41) is 8.71. The third-order valence-electron chi connectivity index (χ3n) is 4.25. The SMILES string of the molecule is CCn1c(C(=O)Nc2nc(-c3cccs3)cs2)c(C)c2ccccc21. The molecule has 1 N–H and O–H groups in total. The number of carbonyl (C=O) groups excluding carboxylic acids is 1. The molecule has 1 amide bonds. The number of aromatic nitrogens is 2. The Balaban J connectivity index is 1.68. The fourth-order valence-electron chi connectivity index (χ4n) is 3.12. The molecule has 0 aliphatic carbocycles. The number of carbonyl (C=O) groups is 1. The molecule has 4 nitrogen and oxygen atoms in total. The van der Waals surface area contributed by atoms with E-state index >= 15 is 0 Å². The first-order valence-corrected chi connectivity index (χ1v) is 9.83. The quantitative estimate of drug-likeness (QED) is 0.524. The summed E-state index contributed by atoms with van der Waals surface area (Å²) in [4.78, 5) is 18.6. The summed E-state index contributed by atoms with van der Waals surface area (Å²) in [6, 6.07) is 12.2. The highest BCUT2D eigenvalue weighted by Crippen LogP contribution is 2.30. The molecule has 126 valence electrons. The summed E-state index contributed by atoms with van der Waals surface area (Å²) in [7, 11) is 0. The zero-order valence-electron chi connectivity index (χ0n) is 13.9. The number of hydrogen-bond acceptors (Lipinski definition) is 4. The number of amides is 1. The predicted molar refractivity (Wildman–Crippen MR) is 106 cm³/mol. The molecule has 3 heterocycles. The number of thiophene rings is 1. The minimum absolute atomic E-state index is 0.109. The average Bonchev–Trinajstić information content (AvgIpc) is 3.34. The van der Waals surface area contributed by atoms with Crippen LogP contribution in [0.4, 0.5) is 5.13 Å². The number of fused-ring (bicyclic) bond motifs is 1. The molecule has 0 fully saturated rings. The Morgan fingerprint density at radius 2 is 2.04 bits per heavy atom. The van der Waals surface area contributed by atoms with Gasteiger partial charge in [0.2, 0.25) is 0 Å². The molecular weight excluding hydrogens is 350 g/mol. The van der Waals surface area contributed by atoms with E-state index in [1.807, 2.05) is 41.9 Å². The maximum Gasteiger partial charge on any atom is 0.274 e. The van der Waals surface area contributed by atoms with Gasteiger partial charge in [0.05, 0.1) is 10.6 Å². The normalized spacial score (nSPS) is 11.1. The van der Waals surface area contributed by atoms with Gasteiger partial charge in [-0.3, -0.25) is 10.1 Å². The lowest BCUT2D eigenvalue weighted by Gasteiger charge is -2.08. The van der Waals surface area contributed by atoms with Gasteiger partial charge in [0.1, 0.15) is 5.69 Å². The van der Waals surface area contributed by atoms with Crippen molar-refractivity contribution in [3.05, 3.63) is 58.4 Å². The highest BCUT2D eigenvalue weighted by Gasteiger charge is 2.20. The van der Waals surface area contributed by atoms with Crippen LogP contribution in [0.25, 0.3) is 21.5 Å². The van der Waals surface area contributed by atoms with Crippen molar-refractivity contribution < 1.29 is 4.79 Å². The number of aryl methyl sites for hydroxylation is 2. The number of nitrogens with zero attached hydrogens (tertiary/aromatic N) is 2. The van der Waals surface area contributed by atoms with Crippen molar-refractivity contribution in [2.75, 3.05) is 5.32 Å². The lowest BCUT2D eigenvalue weighted by atomic mass is 10.1. The third kappa shape index (κ3) is 2.77. The van der Waals surface area contributed by atoms with Gasteiger partial charge in [0.15, 0.2) is 5.13 Å². The molecule has 0 radical (unpaired) electrons. The van der Waals surface area contributed by atoms with Crippen LogP contribution >= 0.6 is 22.7 Å². The second-order valence-electron chi connectivity index (χ2n) is 5.70. The van der Waals surface area contributed by atoms with E-state index in [9.17, 15) is 4.79 Å². The molecule has 0 aliphatic rings. The molecule has 0 unspecified atom stereocenters. The van der Waals surface area contributed by atoms with Gasteiger partial charge in [0, 0.05) is 22.8 Å². The fourth-order valence-corrected chi connectivity index (χ4v) is 4.59. The Morgan fingerprint density at radius 3 is 2.80 bits per heavy atom. The number of rotatable bonds is 4. The third-order valence-corrected chi connectivity index (χ3v) is 5.90. The van der Waals surface area contributed by atoms with Gasteiger partial charge in [-0.2, -0.15) is 0 Å². The van der Waals surface area contributed by atoms with Crippen molar-refractivity contribution in [1.29, 1.82) is 0 Å². The number of anilines is 1. The largest absolute Gasteiger partial charge is 0.337 e. The summed E-state index contributed by atoms with van der Waals surface area (Å²) < 4.78 is 2.06. The number of para-hydroxylation sites is 1. The summed E-state index contributed by atoms with van der Waals surface area (Å²) in [6.45, 7) is 4.80. The first-order valence-electron chi connectivity index (χ1n) is 8.07. The lowest BCUT2D eigenvalue weighted by molar-refractivity contribution is 0.101. The van der Waals surface area contributed by atoms with E-state index < -0.39 is 0 Å². The highest BCUT2D eigenvalue weighted by atomic mass is 32.1. The van der Waals surface area contributed by atoms with Crippen LogP contribution in [0.1, 0.15) is 23.0 Å². The van der Waals surface area contributed by atoms with Crippen LogP contribution < -0.4 is 5.32 Å². The maximum absolute atomic E-state index is 12.9. The first-order chi connectivity index (χ1) is 12.2. The van der Waals surface area contributed by atoms with E-state index in [1.165, 1.54) is 11.3 Å². The molecule has 3 aromatic heterocycles. The zero-order valence-corrected chi connectivity index (χ0v) is 15.6. The Hall–Kier alpha value is -2.44. The molecule has 4 aromatic rings. The Kier molecular flexibility index (Phi) is 4.15. The van der Waals surface area contributed by atoms with Crippen molar-refractivity contribution in [3.63, 3.8) is 0 Å².